The first-order valence-electron chi connectivity index (χ1n) is 9.68. The molecule has 0 amide bonds. The van der Waals surface area contributed by atoms with Crippen LogP contribution in [0.25, 0.3) is 0 Å². The van der Waals surface area contributed by atoms with Gasteiger partial charge >= 0.3 is 0 Å². The minimum atomic E-state index is -1.34. The summed E-state index contributed by atoms with van der Waals surface area (Å²) in [6.07, 6.45) is -0.638. The highest BCUT2D eigenvalue weighted by Crippen LogP contribution is 2.79. The molecule has 5 rings (SSSR count). The molecule has 3 aliphatic carbocycles. The van der Waals surface area contributed by atoms with Gasteiger partial charge in [-0.25, -0.2) is 0 Å². The van der Waals surface area contributed by atoms with Gasteiger partial charge in [-0.15, -0.1) is 0 Å². The quantitative estimate of drug-likeness (QED) is 0.448. The molecule has 5 fully saturated rings. The predicted molar refractivity (Wildman–Crippen MR) is 83.1 cm³/mol. The average molecular weight is 370 g/mol. The van der Waals surface area contributed by atoms with Crippen molar-refractivity contribution in [1.82, 2.24) is 0 Å². The van der Waals surface area contributed by atoms with Gasteiger partial charge < -0.3 is 39.4 Å². The van der Waals surface area contributed by atoms with Gasteiger partial charge in [-0.3, -0.25) is 0 Å². The maximum absolute atomic E-state index is 11.1. The predicted octanol–water partition coefficient (Wildman–Crippen LogP) is -0.567. The molecule has 8 heteroatoms. The Kier molecular flexibility index (Phi) is 2.96. The highest BCUT2D eigenvalue weighted by Gasteiger charge is 2.92. The van der Waals surface area contributed by atoms with Gasteiger partial charge in [0.1, 0.15) is 6.10 Å². The molecule has 4 N–H and O–H groups in total. The Balaban J connectivity index is 1.60. The van der Waals surface area contributed by atoms with E-state index in [1.807, 2.05) is 0 Å². The summed E-state index contributed by atoms with van der Waals surface area (Å²) in [7, 11) is 0. The summed E-state index contributed by atoms with van der Waals surface area (Å²) in [5.41, 5.74) is -3.66. The van der Waals surface area contributed by atoms with Crippen LogP contribution in [0.3, 0.4) is 0 Å². The van der Waals surface area contributed by atoms with E-state index in [1.54, 1.807) is 0 Å². The van der Waals surface area contributed by atoms with Crippen molar-refractivity contribution >= 4 is 0 Å². The fraction of sp³-hybridized carbons (Fsp3) is 1.00. The van der Waals surface area contributed by atoms with E-state index in [0.29, 0.717) is 25.7 Å². The van der Waals surface area contributed by atoms with Crippen LogP contribution in [0.2, 0.25) is 0 Å². The minimum absolute atomic E-state index is 0.0556. The topological polar surface area (TPSA) is 118 Å². The lowest BCUT2D eigenvalue weighted by Gasteiger charge is -2.57. The summed E-state index contributed by atoms with van der Waals surface area (Å²) < 4.78 is 24.3. The van der Waals surface area contributed by atoms with Crippen LogP contribution in [-0.4, -0.2) is 71.0 Å². The summed E-state index contributed by atoms with van der Waals surface area (Å²) in [6, 6.07) is 0. The van der Waals surface area contributed by atoms with E-state index in [4.69, 9.17) is 18.9 Å². The zero-order valence-corrected chi connectivity index (χ0v) is 14.6. The van der Waals surface area contributed by atoms with Gasteiger partial charge in [-0.05, 0) is 25.7 Å². The average Bonchev–Trinajstić information content (AvgIpc) is 3.01. The third kappa shape index (κ3) is 1.36. The normalized spacial score (nSPS) is 66.0. The molecule has 8 nitrogen and oxygen atoms in total. The molecule has 2 saturated heterocycles. The first-order valence-corrected chi connectivity index (χ1v) is 9.68. The van der Waals surface area contributed by atoms with Gasteiger partial charge in [-0.1, -0.05) is 12.8 Å². The monoisotopic (exact) mass is 370 g/mol. The number of hydrogen-bond donors (Lipinski definition) is 4. The van der Waals surface area contributed by atoms with Gasteiger partial charge in [0.2, 0.25) is 5.79 Å². The van der Waals surface area contributed by atoms with Crippen LogP contribution in [0.4, 0.5) is 0 Å². The molecule has 0 aromatic rings. The van der Waals surface area contributed by atoms with Crippen molar-refractivity contribution in [2.45, 2.75) is 69.3 Å². The first kappa shape index (κ1) is 16.6. The Morgan fingerprint density at radius 2 is 1.23 bits per heavy atom. The highest BCUT2D eigenvalue weighted by molar-refractivity contribution is 5.32. The van der Waals surface area contributed by atoms with Crippen LogP contribution in [0.5, 0.6) is 0 Å². The third-order valence-corrected chi connectivity index (χ3v) is 8.93. The summed E-state index contributed by atoms with van der Waals surface area (Å²) in [5.74, 6) is -1.34. The zero-order valence-electron chi connectivity index (χ0n) is 14.6. The Bertz CT molecular complexity index is 651. The Hall–Kier alpha value is -0.320. The van der Waals surface area contributed by atoms with Gasteiger partial charge in [-0.2, -0.15) is 0 Å². The number of ether oxygens (including phenoxy) is 4. The number of hydrogen-bond acceptors (Lipinski definition) is 8. The Morgan fingerprint density at radius 1 is 0.654 bits per heavy atom. The largest absolute Gasteiger partial charge is 0.387 e. The molecule has 146 valence electrons. The highest BCUT2D eigenvalue weighted by atomic mass is 16.8. The molecule has 0 radical (unpaired) electrons. The number of fused-ring (bicyclic) bond motifs is 3. The van der Waals surface area contributed by atoms with E-state index in [9.17, 15) is 20.4 Å². The lowest BCUT2D eigenvalue weighted by molar-refractivity contribution is -0.423. The molecule has 2 heterocycles. The van der Waals surface area contributed by atoms with E-state index in [1.165, 1.54) is 0 Å². The lowest BCUT2D eigenvalue weighted by atomic mass is 9.63. The standard InChI is InChI=1S/C18H26O8/c19-10-17-6-2-5-16(17)8-24-11(20)14(7-23-12(16)21)3-1-4-15(14)9-25-18(10,17)26-13(15)22/h10-13,19-22H,1-9H2/t10-,11?,12?,13?,14-,15-,16-,17-,18+/m0/s1. The van der Waals surface area contributed by atoms with E-state index in [0.717, 1.165) is 12.8 Å². The molecule has 5 aliphatic rings. The maximum atomic E-state index is 11.1. The van der Waals surface area contributed by atoms with Crippen LogP contribution in [0.15, 0.2) is 0 Å². The summed E-state index contributed by atoms with van der Waals surface area (Å²) in [4.78, 5) is 0. The van der Waals surface area contributed by atoms with Crippen molar-refractivity contribution in [3.05, 3.63) is 0 Å². The number of rotatable bonds is 0. The molecule has 2 aliphatic heterocycles. The molecule has 5 spiro atoms. The fourth-order valence-corrected chi connectivity index (χ4v) is 7.39. The number of aliphatic hydroxyl groups excluding tert-OH is 4. The summed E-state index contributed by atoms with van der Waals surface area (Å²) in [6.45, 7) is 0.289. The van der Waals surface area contributed by atoms with E-state index >= 15 is 0 Å². The van der Waals surface area contributed by atoms with E-state index in [-0.39, 0.29) is 19.8 Å². The smallest absolute Gasteiger partial charge is 0.207 e. The molecule has 0 aromatic heterocycles. The molecular formula is C18H26O8. The molecule has 3 saturated carbocycles. The first-order chi connectivity index (χ1) is 12.4. The van der Waals surface area contributed by atoms with Crippen molar-refractivity contribution < 1.29 is 39.4 Å². The SMILES string of the molecule is OC1OC[C@]23CCC[C@]24[C@H](O)[C@]42OC[C@@]4(CCC[C@]14COC3O)C(O)O2. The van der Waals surface area contributed by atoms with Gasteiger partial charge in [0.05, 0.1) is 41.5 Å². The van der Waals surface area contributed by atoms with Crippen molar-refractivity contribution in [2.75, 3.05) is 19.8 Å². The van der Waals surface area contributed by atoms with Gasteiger partial charge in [0.25, 0.3) is 0 Å². The van der Waals surface area contributed by atoms with E-state index in [2.05, 4.69) is 0 Å². The molecule has 26 heavy (non-hydrogen) atoms. The van der Waals surface area contributed by atoms with Gasteiger partial charge in [0.15, 0.2) is 18.9 Å². The van der Waals surface area contributed by atoms with Crippen LogP contribution in [-0.2, 0) is 18.9 Å². The second kappa shape index (κ2) is 4.63. The molecule has 9 atom stereocenters. The Labute approximate surface area is 151 Å². The maximum Gasteiger partial charge on any atom is 0.207 e. The third-order valence-electron chi connectivity index (χ3n) is 8.93. The van der Waals surface area contributed by atoms with Crippen LogP contribution in [0, 0.1) is 21.7 Å². The van der Waals surface area contributed by atoms with E-state index < -0.39 is 52.4 Å². The van der Waals surface area contributed by atoms with Crippen molar-refractivity contribution in [1.29, 1.82) is 0 Å². The zero-order chi connectivity index (χ0) is 18.0. The molecule has 3 unspecified atom stereocenters. The van der Waals surface area contributed by atoms with Crippen LogP contribution in [0.1, 0.15) is 38.5 Å². The van der Waals surface area contributed by atoms with Crippen LogP contribution < -0.4 is 0 Å². The summed E-state index contributed by atoms with van der Waals surface area (Å²) >= 11 is 0. The summed E-state index contributed by atoms with van der Waals surface area (Å²) in [5, 5.41) is 44.2. The number of aliphatic hydroxyl groups is 4. The molecular weight excluding hydrogens is 344 g/mol. The second-order valence-electron chi connectivity index (χ2n) is 9.30. The van der Waals surface area contributed by atoms with Crippen molar-refractivity contribution in [3.63, 3.8) is 0 Å². The molecule has 0 aromatic carbocycles. The van der Waals surface area contributed by atoms with Crippen molar-refractivity contribution in [3.8, 4) is 0 Å². The molecule has 0 bridgehead atoms. The van der Waals surface area contributed by atoms with Crippen molar-refractivity contribution in [2.24, 2.45) is 21.7 Å². The fourth-order valence-electron chi connectivity index (χ4n) is 7.39. The lowest BCUT2D eigenvalue weighted by Crippen LogP contribution is -2.67. The minimum Gasteiger partial charge on any atom is -0.387 e. The second-order valence-corrected chi connectivity index (χ2v) is 9.30. The Morgan fingerprint density at radius 3 is 1.96 bits per heavy atom. The van der Waals surface area contributed by atoms with Gasteiger partial charge in [0, 0.05) is 0 Å². The van der Waals surface area contributed by atoms with Crippen LogP contribution >= 0.6 is 0 Å².